The number of hydrogen-bond donors (Lipinski definition) is 6. The van der Waals surface area contributed by atoms with Gasteiger partial charge in [0.2, 0.25) is 6.29 Å². The molecule has 12 heteroatoms. The lowest BCUT2D eigenvalue weighted by Crippen LogP contribution is -2.69. The third-order valence-corrected chi connectivity index (χ3v) is 6.36. The summed E-state index contributed by atoms with van der Waals surface area (Å²) in [7, 11) is 1.56. The van der Waals surface area contributed by atoms with Crippen molar-refractivity contribution < 1.29 is 39.8 Å². The van der Waals surface area contributed by atoms with Gasteiger partial charge in [-0.1, -0.05) is 23.4 Å². The molecule has 0 spiro atoms. The van der Waals surface area contributed by atoms with Crippen molar-refractivity contribution in [1.29, 1.82) is 0 Å². The Morgan fingerprint density at radius 2 is 1.95 bits per heavy atom. The number of hydrogen-bond acceptors (Lipinski definition) is 10. The van der Waals surface area contributed by atoms with Crippen LogP contribution in [0.2, 0.25) is 0 Å². The molecule has 0 saturated carbocycles. The molecule has 1 fully saturated rings. The maximum atomic E-state index is 12.0. The standard InChI is InChI=1S/C25H30N4O8/c1-14-8-16(15-4-3-5-17(9-15)23(34)26-2)6-7-19(14)36-24-25(35,13-29-10-18(11-30)27-28-29)22(33)21(32)20(12-31)37-24/h3-10,20-22,24,30-33,35H,11-13H2,1-2H3,(H,26,34)/t20-,21-,22+,24+,25-/m1/s1. The summed E-state index contributed by atoms with van der Waals surface area (Å²) in [5, 5.41) is 61.8. The summed E-state index contributed by atoms with van der Waals surface area (Å²) < 4.78 is 12.9. The normalized spacial score (nSPS) is 25.6. The Morgan fingerprint density at radius 1 is 1.19 bits per heavy atom. The van der Waals surface area contributed by atoms with E-state index in [9.17, 15) is 30.3 Å². The minimum Gasteiger partial charge on any atom is -0.461 e. The summed E-state index contributed by atoms with van der Waals surface area (Å²) in [4.78, 5) is 12.0. The monoisotopic (exact) mass is 514 g/mol. The number of nitrogens with zero attached hydrogens (tertiary/aromatic N) is 3. The van der Waals surface area contributed by atoms with Crippen LogP contribution in [0.4, 0.5) is 0 Å². The van der Waals surface area contributed by atoms with Gasteiger partial charge in [-0.05, 0) is 47.9 Å². The van der Waals surface area contributed by atoms with Crippen LogP contribution in [-0.2, 0) is 17.9 Å². The van der Waals surface area contributed by atoms with E-state index in [1.54, 1.807) is 44.3 Å². The Hall–Kier alpha value is -3.39. The lowest BCUT2D eigenvalue weighted by atomic mass is 9.86. The zero-order valence-corrected chi connectivity index (χ0v) is 20.4. The Bertz CT molecular complexity index is 1250. The van der Waals surface area contributed by atoms with Gasteiger partial charge < -0.3 is 40.3 Å². The fraction of sp³-hybridized carbons (Fsp3) is 0.400. The first-order chi connectivity index (χ1) is 17.7. The highest BCUT2D eigenvalue weighted by Crippen LogP contribution is 2.35. The lowest BCUT2D eigenvalue weighted by Gasteiger charge is -2.47. The average Bonchev–Trinajstić information content (AvgIpc) is 3.37. The molecule has 0 unspecified atom stereocenters. The van der Waals surface area contributed by atoms with E-state index >= 15 is 0 Å². The second kappa shape index (κ2) is 10.9. The van der Waals surface area contributed by atoms with Crippen LogP contribution in [0.5, 0.6) is 5.75 Å². The number of carbonyl (C=O) groups is 1. The van der Waals surface area contributed by atoms with E-state index in [0.717, 1.165) is 11.1 Å². The third-order valence-electron chi connectivity index (χ3n) is 6.36. The molecule has 0 aliphatic carbocycles. The number of nitrogens with one attached hydrogen (secondary N) is 1. The molecular formula is C25H30N4O8. The minimum atomic E-state index is -2.20. The second-order valence-corrected chi connectivity index (χ2v) is 8.94. The molecule has 1 aliphatic rings. The third kappa shape index (κ3) is 5.34. The Labute approximate surface area is 212 Å². The molecule has 198 valence electrons. The van der Waals surface area contributed by atoms with Crippen molar-refractivity contribution in [2.45, 2.75) is 50.3 Å². The molecular weight excluding hydrogens is 484 g/mol. The van der Waals surface area contributed by atoms with Gasteiger partial charge in [-0.25, -0.2) is 4.68 Å². The predicted molar refractivity (Wildman–Crippen MR) is 129 cm³/mol. The fourth-order valence-electron chi connectivity index (χ4n) is 4.25. The molecule has 1 aromatic heterocycles. The van der Waals surface area contributed by atoms with Crippen molar-refractivity contribution >= 4 is 5.91 Å². The van der Waals surface area contributed by atoms with Gasteiger partial charge in [-0.3, -0.25) is 4.79 Å². The summed E-state index contributed by atoms with van der Waals surface area (Å²) in [5.41, 5.74) is 0.854. The second-order valence-electron chi connectivity index (χ2n) is 8.94. The van der Waals surface area contributed by atoms with E-state index in [-0.39, 0.29) is 24.8 Å². The number of benzene rings is 2. The molecule has 5 atom stereocenters. The molecule has 1 saturated heterocycles. The van der Waals surface area contributed by atoms with Crippen molar-refractivity contribution in [1.82, 2.24) is 20.3 Å². The molecule has 3 aromatic rings. The summed E-state index contributed by atoms with van der Waals surface area (Å²) >= 11 is 0. The predicted octanol–water partition coefficient (Wildman–Crippen LogP) is -0.645. The highest BCUT2D eigenvalue weighted by Gasteiger charge is 2.56. The van der Waals surface area contributed by atoms with Gasteiger partial charge in [-0.15, -0.1) is 5.10 Å². The molecule has 37 heavy (non-hydrogen) atoms. The number of rotatable bonds is 8. The molecule has 2 aromatic carbocycles. The van der Waals surface area contributed by atoms with Gasteiger partial charge in [0.1, 0.15) is 29.8 Å². The SMILES string of the molecule is CNC(=O)c1cccc(-c2ccc(O[C@H]3O[C@H](CO)[C@@H](O)[C@H](O)[C@]3(O)Cn3cc(CO)nn3)c(C)c2)c1. The summed E-state index contributed by atoms with van der Waals surface area (Å²) in [6.07, 6.45) is -4.72. The van der Waals surface area contributed by atoms with Crippen LogP contribution in [0.25, 0.3) is 11.1 Å². The first-order valence-corrected chi connectivity index (χ1v) is 11.6. The summed E-state index contributed by atoms with van der Waals surface area (Å²) in [5.74, 6) is 0.120. The first-order valence-electron chi connectivity index (χ1n) is 11.6. The van der Waals surface area contributed by atoms with Crippen LogP contribution < -0.4 is 10.1 Å². The number of aromatic nitrogens is 3. The van der Waals surface area contributed by atoms with E-state index in [1.165, 1.54) is 10.9 Å². The van der Waals surface area contributed by atoms with Crippen LogP contribution in [0.3, 0.4) is 0 Å². The number of aliphatic hydroxyl groups is 5. The Kier molecular flexibility index (Phi) is 7.87. The van der Waals surface area contributed by atoms with Crippen molar-refractivity contribution in [2.24, 2.45) is 0 Å². The molecule has 4 rings (SSSR count). The highest BCUT2D eigenvalue weighted by molar-refractivity contribution is 5.95. The van der Waals surface area contributed by atoms with E-state index < -0.39 is 36.8 Å². The molecule has 6 N–H and O–H groups in total. The van der Waals surface area contributed by atoms with Gasteiger partial charge in [0.05, 0.1) is 26.0 Å². The molecule has 1 amide bonds. The topological polar surface area (TPSA) is 179 Å². The van der Waals surface area contributed by atoms with Gasteiger partial charge in [0, 0.05) is 12.6 Å². The molecule has 1 aliphatic heterocycles. The molecule has 0 bridgehead atoms. The quantitative estimate of drug-likeness (QED) is 0.226. The van der Waals surface area contributed by atoms with Crippen LogP contribution >= 0.6 is 0 Å². The number of carbonyl (C=O) groups excluding carboxylic acids is 1. The summed E-state index contributed by atoms with van der Waals surface area (Å²) in [6.45, 7) is 0.406. The maximum absolute atomic E-state index is 12.0. The fourth-order valence-corrected chi connectivity index (χ4v) is 4.25. The van der Waals surface area contributed by atoms with E-state index in [2.05, 4.69) is 15.6 Å². The van der Waals surface area contributed by atoms with Crippen molar-refractivity contribution in [3.05, 3.63) is 65.5 Å². The van der Waals surface area contributed by atoms with Gasteiger partial charge in [0.25, 0.3) is 5.91 Å². The maximum Gasteiger partial charge on any atom is 0.251 e. The Balaban J connectivity index is 1.63. The van der Waals surface area contributed by atoms with Gasteiger partial charge >= 0.3 is 0 Å². The van der Waals surface area contributed by atoms with Crippen LogP contribution in [0.15, 0.2) is 48.7 Å². The van der Waals surface area contributed by atoms with Crippen LogP contribution in [0, 0.1) is 6.92 Å². The average molecular weight is 515 g/mol. The van der Waals surface area contributed by atoms with Crippen molar-refractivity contribution in [2.75, 3.05) is 13.7 Å². The number of aliphatic hydroxyl groups excluding tert-OH is 4. The number of amides is 1. The first kappa shape index (κ1) is 26.7. The van der Waals surface area contributed by atoms with Crippen molar-refractivity contribution in [3.8, 4) is 16.9 Å². The minimum absolute atomic E-state index is 0.204. The lowest BCUT2D eigenvalue weighted by molar-refractivity contribution is -0.324. The van der Waals surface area contributed by atoms with Gasteiger partial charge in [0.15, 0.2) is 5.60 Å². The smallest absolute Gasteiger partial charge is 0.251 e. The zero-order chi connectivity index (χ0) is 26.7. The van der Waals surface area contributed by atoms with Crippen LogP contribution in [-0.4, -0.2) is 90.3 Å². The molecule has 0 radical (unpaired) electrons. The molecule has 12 nitrogen and oxygen atoms in total. The van der Waals surface area contributed by atoms with Gasteiger partial charge in [-0.2, -0.15) is 0 Å². The zero-order valence-electron chi connectivity index (χ0n) is 20.4. The van der Waals surface area contributed by atoms with Crippen LogP contribution in [0.1, 0.15) is 21.6 Å². The number of aryl methyl sites for hydroxylation is 1. The molecule has 2 heterocycles. The number of ether oxygens (including phenoxy) is 2. The summed E-state index contributed by atoms with van der Waals surface area (Å²) in [6, 6.07) is 12.4. The van der Waals surface area contributed by atoms with Crippen molar-refractivity contribution in [3.63, 3.8) is 0 Å². The Morgan fingerprint density at radius 3 is 2.59 bits per heavy atom. The largest absolute Gasteiger partial charge is 0.461 e. The highest BCUT2D eigenvalue weighted by atomic mass is 16.7. The van der Waals surface area contributed by atoms with E-state index in [1.807, 2.05) is 12.1 Å². The van der Waals surface area contributed by atoms with E-state index in [4.69, 9.17) is 9.47 Å². The van der Waals surface area contributed by atoms with E-state index in [0.29, 0.717) is 16.9 Å².